The molecule has 0 radical (unpaired) electrons. The average Bonchev–Trinajstić information content (AvgIpc) is 3.51. The standard InChI is InChI=1S/C29H23N3O3S/c1-18-15-19(2)27-24(16-18)31-28(35-27)21-9-6-10-22(17-21)30-29(36)32-26(33)14-12-23-11-13-25(34-23)20-7-4-3-5-8-20/h3-17H,1-2H3,(H2,30,32,33,36)/b14-12+. The summed E-state index contributed by atoms with van der Waals surface area (Å²) in [6.07, 6.45) is 2.97. The second-order valence-corrected chi connectivity index (χ2v) is 8.78. The Labute approximate surface area is 213 Å². The lowest BCUT2D eigenvalue weighted by Crippen LogP contribution is -2.32. The minimum atomic E-state index is -0.369. The minimum Gasteiger partial charge on any atom is -0.457 e. The van der Waals surface area contributed by atoms with Crippen LogP contribution in [0, 0.1) is 13.8 Å². The third kappa shape index (κ3) is 5.26. The SMILES string of the molecule is Cc1cc(C)c2oc(-c3cccc(NC(=S)NC(=O)/C=C/c4ccc(-c5ccccc5)o4)c3)nc2c1. The van der Waals surface area contributed by atoms with Gasteiger partial charge in [-0.1, -0.05) is 42.5 Å². The highest BCUT2D eigenvalue weighted by atomic mass is 32.1. The van der Waals surface area contributed by atoms with E-state index < -0.39 is 0 Å². The Morgan fingerprint density at radius 1 is 0.917 bits per heavy atom. The number of benzene rings is 3. The van der Waals surface area contributed by atoms with Crippen molar-refractivity contribution in [2.75, 3.05) is 5.32 Å². The van der Waals surface area contributed by atoms with Crippen LogP contribution < -0.4 is 10.6 Å². The molecule has 178 valence electrons. The molecule has 0 atom stereocenters. The molecule has 3 aromatic carbocycles. The number of hydrogen-bond donors (Lipinski definition) is 2. The van der Waals surface area contributed by atoms with Gasteiger partial charge in [-0.3, -0.25) is 10.1 Å². The number of nitrogens with one attached hydrogen (secondary N) is 2. The van der Waals surface area contributed by atoms with Gasteiger partial charge in [0, 0.05) is 22.9 Å². The van der Waals surface area contributed by atoms with Gasteiger partial charge in [-0.2, -0.15) is 0 Å². The van der Waals surface area contributed by atoms with Crippen LogP contribution in [0.1, 0.15) is 16.9 Å². The zero-order valence-electron chi connectivity index (χ0n) is 19.7. The summed E-state index contributed by atoms with van der Waals surface area (Å²) in [5.41, 5.74) is 6.25. The highest BCUT2D eigenvalue weighted by molar-refractivity contribution is 7.80. The van der Waals surface area contributed by atoms with Gasteiger partial charge in [0.15, 0.2) is 10.7 Å². The van der Waals surface area contributed by atoms with Crippen molar-refractivity contribution in [3.63, 3.8) is 0 Å². The lowest BCUT2D eigenvalue weighted by atomic mass is 10.1. The van der Waals surface area contributed by atoms with E-state index in [1.165, 1.54) is 6.08 Å². The van der Waals surface area contributed by atoms with Gasteiger partial charge in [0.2, 0.25) is 11.8 Å². The Kier molecular flexibility index (Phi) is 6.47. The molecule has 0 saturated carbocycles. The Hall–Kier alpha value is -4.49. The maximum absolute atomic E-state index is 12.3. The van der Waals surface area contributed by atoms with Crippen molar-refractivity contribution in [1.29, 1.82) is 0 Å². The van der Waals surface area contributed by atoms with Crippen molar-refractivity contribution in [3.8, 4) is 22.8 Å². The third-order valence-corrected chi connectivity index (χ3v) is 5.71. The number of thiocarbonyl (C=S) groups is 1. The van der Waals surface area contributed by atoms with Crippen LogP contribution in [0.15, 0.2) is 93.8 Å². The first-order valence-corrected chi connectivity index (χ1v) is 11.8. The highest BCUT2D eigenvalue weighted by Gasteiger charge is 2.12. The fourth-order valence-electron chi connectivity index (χ4n) is 3.90. The van der Waals surface area contributed by atoms with E-state index in [2.05, 4.69) is 21.7 Å². The van der Waals surface area contributed by atoms with Crippen molar-refractivity contribution in [2.45, 2.75) is 13.8 Å². The Balaban J connectivity index is 1.22. The number of oxazole rings is 1. The molecule has 0 aliphatic heterocycles. The van der Waals surface area contributed by atoms with Gasteiger partial charge in [0.1, 0.15) is 17.0 Å². The molecule has 6 nitrogen and oxygen atoms in total. The molecule has 2 heterocycles. The molecule has 5 rings (SSSR count). The first-order valence-electron chi connectivity index (χ1n) is 11.4. The number of furan rings is 1. The van der Waals surface area contributed by atoms with E-state index >= 15 is 0 Å². The summed E-state index contributed by atoms with van der Waals surface area (Å²) in [7, 11) is 0. The van der Waals surface area contributed by atoms with Gasteiger partial charge in [0.25, 0.3) is 0 Å². The zero-order chi connectivity index (χ0) is 25.1. The quantitative estimate of drug-likeness (QED) is 0.205. The summed E-state index contributed by atoms with van der Waals surface area (Å²) in [6.45, 7) is 4.04. The molecule has 0 aliphatic rings. The Morgan fingerprint density at radius 2 is 1.72 bits per heavy atom. The number of carbonyl (C=O) groups is 1. The Morgan fingerprint density at radius 3 is 2.56 bits per heavy atom. The van der Waals surface area contributed by atoms with Crippen LogP contribution >= 0.6 is 12.2 Å². The molecule has 0 aliphatic carbocycles. The number of nitrogens with zero attached hydrogens (tertiary/aromatic N) is 1. The second-order valence-electron chi connectivity index (χ2n) is 8.37. The van der Waals surface area contributed by atoms with Crippen molar-refractivity contribution >= 4 is 46.1 Å². The topological polar surface area (TPSA) is 80.3 Å². The van der Waals surface area contributed by atoms with E-state index in [4.69, 9.17) is 21.1 Å². The van der Waals surface area contributed by atoms with Crippen LogP contribution in [-0.4, -0.2) is 16.0 Å². The molecule has 0 spiro atoms. The van der Waals surface area contributed by atoms with Crippen molar-refractivity contribution in [3.05, 3.63) is 102 Å². The molecular weight excluding hydrogens is 470 g/mol. The summed E-state index contributed by atoms with van der Waals surface area (Å²) in [5.74, 6) is 1.45. The van der Waals surface area contributed by atoms with Gasteiger partial charge in [-0.25, -0.2) is 4.98 Å². The van der Waals surface area contributed by atoms with Crippen LogP contribution in [-0.2, 0) is 4.79 Å². The van der Waals surface area contributed by atoms with Gasteiger partial charge in [-0.05, 0) is 79.7 Å². The van der Waals surface area contributed by atoms with Crippen molar-refractivity contribution in [1.82, 2.24) is 10.3 Å². The van der Waals surface area contributed by atoms with Crippen molar-refractivity contribution in [2.24, 2.45) is 0 Å². The number of aromatic nitrogens is 1. The fourth-order valence-corrected chi connectivity index (χ4v) is 4.12. The lowest BCUT2D eigenvalue weighted by Gasteiger charge is -2.08. The lowest BCUT2D eigenvalue weighted by molar-refractivity contribution is -0.115. The highest BCUT2D eigenvalue weighted by Crippen LogP contribution is 2.29. The van der Waals surface area contributed by atoms with Crippen LogP contribution in [0.2, 0.25) is 0 Å². The largest absolute Gasteiger partial charge is 0.457 e. The predicted molar refractivity (Wildman–Crippen MR) is 146 cm³/mol. The maximum atomic E-state index is 12.3. The Bertz CT molecular complexity index is 1600. The molecule has 0 bridgehead atoms. The summed E-state index contributed by atoms with van der Waals surface area (Å²) < 4.78 is 11.8. The number of amides is 1. The van der Waals surface area contributed by atoms with E-state index in [0.717, 1.165) is 39.1 Å². The first-order chi connectivity index (χ1) is 17.4. The number of carbonyl (C=O) groups excluding carboxylic acids is 1. The predicted octanol–water partition coefficient (Wildman–Crippen LogP) is 6.90. The van der Waals surface area contributed by atoms with Gasteiger partial charge >= 0.3 is 0 Å². The summed E-state index contributed by atoms with van der Waals surface area (Å²) >= 11 is 5.32. The van der Waals surface area contributed by atoms with Crippen LogP contribution in [0.25, 0.3) is 40.0 Å². The third-order valence-electron chi connectivity index (χ3n) is 5.51. The first kappa shape index (κ1) is 23.3. The van der Waals surface area contributed by atoms with E-state index in [-0.39, 0.29) is 11.0 Å². The number of fused-ring (bicyclic) bond motifs is 1. The van der Waals surface area contributed by atoms with Crippen LogP contribution in [0.3, 0.4) is 0 Å². The molecular formula is C29H23N3O3S. The molecule has 0 saturated heterocycles. The maximum Gasteiger partial charge on any atom is 0.250 e. The van der Waals surface area contributed by atoms with E-state index in [9.17, 15) is 4.79 Å². The fraction of sp³-hybridized carbons (Fsp3) is 0.0690. The minimum absolute atomic E-state index is 0.176. The molecule has 5 aromatic rings. The van der Waals surface area contributed by atoms with E-state index in [1.54, 1.807) is 6.08 Å². The molecule has 0 unspecified atom stereocenters. The molecule has 7 heteroatoms. The second kappa shape index (κ2) is 10.0. The van der Waals surface area contributed by atoms with E-state index in [0.29, 0.717) is 17.3 Å². The van der Waals surface area contributed by atoms with Crippen LogP contribution in [0.5, 0.6) is 0 Å². The average molecular weight is 494 g/mol. The number of hydrogen-bond acceptors (Lipinski definition) is 5. The van der Waals surface area contributed by atoms with Gasteiger partial charge < -0.3 is 14.2 Å². The van der Waals surface area contributed by atoms with Gasteiger partial charge in [0.05, 0.1) is 0 Å². The summed E-state index contributed by atoms with van der Waals surface area (Å²) in [5, 5.41) is 5.86. The molecule has 36 heavy (non-hydrogen) atoms. The van der Waals surface area contributed by atoms with Gasteiger partial charge in [-0.15, -0.1) is 0 Å². The smallest absolute Gasteiger partial charge is 0.250 e. The molecule has 2 aromatic heterocycles. The molecule has 0 fully saturated rings. The summed E-state index contributed by atoms with van der Waals surface area (Å²) in [6, 6.07) is 25.0. The van der Waals surface area contributed by atoms with Crippen LogP contribution in [0.4, 0.5) is 5.69 Å². The number of aryl methyl sites for hydroxylation is 2. The summed E-state index contributed by atoms with van der Waals surface area (Å²) in [4.78, 5) is 17.0. The van der Waals surface area contributed by atoms with E-state index in [1.807, 2.05) is 86.6 Å². The number of rotatable bonds is 5. The number of anilines is 1. The zero-order valence-corrected chi connectivity index (χ0v) is 20.6. The van der Waals surface area contributed by atoms with Crippen molar-refractivity contribution < 1.29 is 13.6 Å². The molecule has 2 N–H and O–H groups in total. The molecule has 1 amide bonds. The monoisotopic (exact) mass is 493 g/mol. The normalized spacial score (nSPS) is 11.2.